The van der Waals surface area contributed by atoms with Crippen LogP contribution in [0.4, 0.5) is 13.2 Å². The normalized spacial score (nSPS) is 13.3. The standard InChI is InChI=1S/C12H13F3N2/c1-11(2,16)8-4-3-5-9-7(8)6-10(17-9)12(13,14)15/h3-6,17H,16H2,1-2H3. The monoisotopic (exact) mass is 242 g/mol. The van der Waals surface area contributed by atoms with Crippen molar-refractivity contribution < 1.29 is 13.2 Å². The number of nitrogens with one attached hydrogen (secondary N) is 1. The largest absolute Gasteiger partial charge is 0.431 e. The Kier molecular flexibility index (Phi) is 2.47. The van der Waals surface area contributed by atoms with Crippen molar-refractivity contribution in [3.05, 3.63) is 35.5 Å². The van der Waals surface area contributed by atoms with E-state index in [0.717, 1.165) is 6.07 Å². The van der Waals surface area contributed by atoms with E-state index in [-0.39, 0.29) is 0 Å². The highest BCUT2D eigenvalue weighted by molar-refractivity contribution is 5.85. The molecule has 0 amide bonds. The Morgan fingerprint density at radius 3 is 2.35 bits per heavy atom. The van der Waals surface area contributed by atoms with Crippen LogP contribution in [0.5, 0.6) is 0 Å². The molecule has 0 spiro atoms. The molecule has 1 aromatic carbocycles. The summed E-state index contributed by atoms with van der Waals surface area (Å²) in [6, 6.07) is 6.17. The predicted molar refractivity (Wildman–Crippen MR) is 60.5 cm³/mol. The lowest BCUT2D eigenvalue weighted by molar-refractivity contribution is -0.140. The first-order chi connectivity index (χ1) is 7.69. The van der Waals surface area contributed by atoms with Crippen LogP contribution in [0.3, 0.4) is 0 Å². The summed E-state index contributed by atoms with van der Waals surface area (Å²) in [5.41, 5.74) is 5.67. The van der Waals surface area contributed by atoms with E-state index in [1.165, 1.54) is 0 Å². The fraction of sp³-hybridized carbons (Fsp3) is 0.333. The molecule has 5 heteroatoms. The average Bonchev–Trinajstić information content (AvgIpc) is 2.57. The van der Waals surface area contributed by atoms with E-state index in [0.29, 0.717) is 16.5 Å². The molecule has 92 valence electrons. The van der Waals surface area contributed by atoms with Gasteiger partial charge in [-0.25, -0.2) is 0 Å². The molecule has 0 unspecified atom stereocenters. The van der Waals surface area contributed by atoms with E-state index < -0.39 is 17.4 Å². The van der Waals surface area contributed by atoms with Gasteiger partial charge in [0.25, 0.3) is 0 Å². The molecule has 0 saturated heterocycles. The van der Waals surface area contributed by atoms with Crippen molar-refractivity contribution in [1.29, 1.82) is 0 Å². The van der Waals surface area contributed by atoms with Crippen molar-refractivity contribution in [2.24, 2.45) is 5.73 Å². The Morgan fingerprint density at radius 2 is 1.82 bits per heavy atom. The molecule has 0 radical (unpaired) electrons. The first-order valence-corrected chi connectivity index (χ1v) is 5.18. The van der Waals surface area contributed by atoms with Gasteiger partial charge < -0.3 is 10.7 Å². The van der Waals surface area contributed by atoms with Gasteiger partial charge in [-0.2, -0.15) is 13.2 Å². The van der Waals surface area contributed by atoms with E-state index >= 15 is 0 Å². The summed E-state index contributed by atoms with van der Waals surface area (Å²) in [5, 5.41) is 0.521. The summed E-state index contributed by atoms with van der Waals surface area (Å²) in [7, 11) is 0. The van der Waals surface area contributed by atoms with Gasteiger partial charge in [-0.05, 0) is 31.5 Å². The molecule has 17 heavy (non-hydrogen) atoms. The fourth-order valence-electron chi connectivity index (χ4n) is 1.87. The smallest absolute Gasteiger partial charge is 0.351 e. The van der Waals surface area contributed by atoms with Gasteiger partial charge in [0.2, 0.25) is 0 Å². The molecule has 0 aliphatic carbocycles. The molecule has 1 aromatic heterocycles. The van der Waals surface area contributed by atoms with Crippen LogP contribution in [0.2, 0.25) is 0 Å². The van der Waals surface area contributed by atoms with Gasteiger partial charge in [-0.1, -0.05) is 12.1 Å². The molecular formula is C12H13F3N2. The number of aromatic nitrogens is 1. The second-order valence-corrected chi connectivity index (χ2v) is 4.67. The maximum atomic E-state index is 12.6. The number of hydrogen-bond donors (Lipinski definition) is 2. The summed E-state index contributed by atoms with van der Waals surface area (Å²) in [5.74, 6) is 0. The number of benzene rings is 1. The van der Waals surface area contributed by atoms with Gasteiger partial charge in [-0.15, -0.1) is 0 Å². The maximum absolute atomic E-state index is 12.6. The van der Waals surface area contributed by atoms with Crippen LogP contribution in [-0.2, 0) is 11.7 Å². The minimum absolute atomic E-state index is 0.452. The molecule has 2 aromatic rings. The molecule has 0 aliphatic heterocycles. The first-order valence-electron chi connectivity index (χ1n) is 5.18. The SMILES string of the molecule is CC(C)(N)c1cccc2[nH]c(C(F)(F)F)cc12. The number of nitrogens with two attached hydrogens (primary N) is 1. The average molecular weight is 242 g/mol. The van der Waals surface area contributed by atoms with Crippen LogP contribution in [0.15, 0.2) is 24.3 Å². The first kappa shape index (κ1) is 12.0. The number of aromatic amines is 1. The van der Waals surface area contributed by atoms with Crippen LogP contribution in [0, 0.1) is 0 Å². The number of fused-ring (bicyclic) bond motifs is 1. The van der Waals surface area contributed by atoms with E-state index in [2.05, 4.69) is 4.98 Å². The minimum Gasteiger partial charge on any atom is -0.351 e. The summed E-state index contributed by atoms with van der Waals surface area (Å²) >= 11 is 0. The molecule has 2 rings (SSSR count). The molecule has 0 bridgehead atoms. The number of halogens is 3. The molecule has 1 heterocycles. The van der Waals surface area contributed by atoms with E-state index in [1.807, 2.05) is 0 Å². The van der Waals surface area contributed by atoms with Crippen molar-refractivity contribution in [3.63, 3.8) is 0 Å². The molecule has 0 atom stereocenters. The molecule has 3 N–H and O–H groups in total. The summed E-state index contributed by atoms with van der Waals surface area (Å²) in [6.45, 7) is 3.53. The fourth-order valence-corrected chi connectivity index (χ4v) is 1.87. The van der Waals surface area contributed by atoms with Crippen molar-refractivity contribution >= 4 is 10.9 Å². The Balaban J connectivity index is 2.70. The summed E-state index contributed by atoms with van der Waals surface area (Å²) in [4.78, 5) is 2.37. The van der Waals surface area contributed by atoms with Crippen LogP contribution in [0.1, 0.15) is 25.1 Å². The lowest BCUT2D eigenvalue weighted by Crippen LogP contribution is -2.28. The highest BCUT2D eigenvalue weighted by atomic mass is 19.4. The molecule has 0 saturated carbocycles. The Hall–Kier alpha value is -1.49. The number of hydrogen-bond acceptors (Lipinski definition) is 1. The summed E-state index contributed by atoms with van der Waals surface area (Å²) < 4.78 is 37.8. The minimum atomic E-state index is -4.37. The van der Waals surface area contributed by atoms with E-state index in [4.69, 9.17) is 5.73 Å². The number of H-pyrrole nitrogens is 1. The quantitative estimate of drug-likeness (QED) is 0.790. The van der Waals surface area contributed by atoms with Gasteiger partial charge in [0.1, 0.15) is 5.69 Å². The van der Waals surface area contributed by atoms with Gasteiger partial charge in [0.05, 0.1) is 0 Å². The Labute approximate surface area is 96.6 Å². The van der Waals surface area contributed by atoms with Crippen molar-refractivity contribution in [1.82, 2.24) is 4.98 Å². The third-order valence-electron chi connectivity index (χ3n) is 2.66. The molecular weight excluding hydrogens is 229 g/mol. The molecule has 0 aliphatic rings. The second kappa shape index (κ2) is 3.50. The third-order valence-corrected chi connectivity index (χ3v) is 2.66. The third kappa shape index (κ3) is 2.15. The Bertz CT molecular complexity index is 547. The molecule has 2 nitrogen and oxygen atoms in total. The lowest BCUT2D eigenvalue weighted by Gasteiger charge is -2.20. The number of alkyl halides is 3. The highest BCUT2D eigenvalue weighted by Gasteiger charge is 2.33. The lowest BCUT2D eigenvalue weighted by atomic mass is 9.92. The van der Waals surface area contributed by atoms with Gasteiger partial charge >= 0.3 is 6.18 Å². The van der Waals surface area contributed by atoms with E-state index in [1.54, 1.807) is 32.0 Å². The molecule has 0 fully saturated rings. The van der Waals surface area contributed by atoms with Crippen molar-refractivity contribution in [3.8, 4) is 0 Å². The zero-order valence-corrected chi connectivity index (χ0v) is 9.52. The number of rotatable bonds is 1. The second-order valence-electron chi connectivity index (χ2n) is 4.67. The summed E-state index contributed by atoms with van der Waals surface area (Å²) in [6.07, 6.45) is -4.37. The van der Waals surface area contributed by atoms with Crippen molar-refractivity contribution in [2.45, 2.75) is 25.6 Å². The van der Waals surface area contributed by atoms with Crippen LogP contribution >= 0.6 is 0 Å². The van der Waals surface area contributed by atoms with Crippen LogP contribution in [0.25, 0.3) is 10.9 Å². The predicted octanol–water partition coefficient (Wildman–Crippen LogP) is 3.38. The maximum Gasteiger partial charge on any atom is 0.431 e. The van der Waals surface area contributed by atoms with Gasteiger partial charge in [0.15, 0.2) is 0 Å². The van der Waals surface area contributed by atoms with Crippen LogP contribution < -0.4 is 5.73 Å². The topological polar surface area (TPSA) is 41.8 Å². The van der Waals surface area contributed by atoms with Gasteiger partial charge in [0, 0.05) is 16.4 Å². The zero-order chi connectivity index (χ0) is 12.8. The van der Waals surface area contributed by atoms with Crippen LogP contribution in [-0.4, -0.2) is 4.98 Å². The van der Waals surface area contributed by atoms with Gasteiger partial charge in [-0.3, -0.25) is 0 Å². The van der Waals surface area contributed by atoms with Crippen molar-refractivity contribution in [2.75, 3.05) is 0 Å². The van der Waals surface area contributed by atoms with E-state index in [9.17, 15) is 13.2 Å². The Morgan fingerprint density at radius 1 is 1.18 bits per heavy atom. The highest BCUT2D eigenvalue weighted by Crippen LogP contribution is 2.34. The zero-order valence-electron chi connectivity index (χ0n) is 9.52.